The van der Waals surface area contributed by atoms with Crippen molar-refractivity contribution in [2.75, 3.05) is 6.66 Å². The maximum atomic E-state index is 13.5. The minimum absolute atomic E-state index is 0.0945. The monoisotopic (exact) mass is 310 g/mol. The smallest absolute Gasteiger partial charge is 0.202 e. The zero-order valence-electron chi connectivity index (χ0n) is 12.1. The van der Waals surface area contributed by atoms with Crippen molar-refractivity contribution in [2.24, 2.45) is 4.99 Å². The van der Waals surface area contributed by atoms with Gasteiger partial charge in [-0.2, -0.15) is 9.38 Å². The molecule has 1 aromatic carbocycles. The van der Waals surface area contributed by atoms with Crippen LogP contribution in [0.5, 0.6) is 0 Å². The molecular weight excluding hydrogens is 294 g/mol. The molecule has 0 fully saturated rings. The van der Waals surface area contributed by atoms with Crippen molar-refractivity contribution in [3.63, 3.8) is 0 Å². The van der Waals surface area contributed by atoms with E-state index in [-0.39, 0.29) is 5.56 Å². The molecule has 0 radical (unpaired) electrons. The minimum atomic E-state index is -2.95. The number of alkyl halides is 2. The number of allylic oxidation sites excluding steroid dienone is 1. The van der Waals surface area contributed by atoms with Gasteiger partial charge in [0.2, 0.25) is 5.95 Å². The number of benzene rings is 1. The summed E-state index contributed by atoms with van der Waals surface area (Å²) in [4.78, 5) is 3.66. The van der Waals surface area contributed by atoms with E-state index >= 15 is 0 Å². The fourth-order valence-electron chi connectivity index (χ4n) is 2.30. The first-order chi connectivity index (χ1) is 9.67. The number of terminal acetylenes is 1. The summed E-state index contributed by atoms with van der Waals surface area (Å²) in [6, 6.07) is 4.44. The summed E-state index contributed by atoms with van der Waals surface area (Å²) in [6.07, 6.45) is 6.93. The van der Waals surface area contributed by atoms with Crippen LogP contribution in [-0.2, 0) is 5.92 Å². The van der Waals surface area contributed by atoms with Crippen LogP contribution in [0.2, 0.25) is 0 Å². The molecule has 0 bridgehead atoms. The van der Waals surface area contributed by atoms with E-state index in [0.717, 1.165) is 12.5 Å². The second kappa shape index (κ2) is 5.31. The van der Waals surface area contributed by atoms with E-state index in [9.17, 15) is 13.2 Å². The van der Waals surface area contributed by atoms with Gasteiger partial charge in [0.05, 0.1) is 12.3 Å². The average molecular weight is 310 g/mol. The lowest BCUT2D eigenvalue weighted by molar-refractivity contribution is 0.0174. The molecule has 21 heavy (non-hydrogen) atoms. The Morgan fingerprint density at radius 1 is 1.38 bits per heavy atom. The Bertz CT molecular complexity index is 667. The summed E-state index contributed by atoms with van der Waals surface area (Å²) < 4.78 is 40.6. The highest BCUT2D eigenvalue weighted by Gasteiger charge is 2.43. The minimum Gasteiger partial charge on any atom is -0.202 e. The molecule has 0 aromatic heterocycles. The van der Waals surface area contributed by atoms with Gasteiger partial charge in [-0.15, -0.1) is 0 Å². The summed E-state index contributed by atoms with van der Waals surface area (Å²) in [5.74, 6) is -2.09. The van der Waals surface area contributed by atoms with Crippen molar-refractivity contribution in [2.45, 2.75) is 25.4 Å². The van der Waals surface area contributed by atoms with Gasteiger partial charge in [0, 0.05) is 24.1 Å². The third kappa shape index (κ3) is 3.04. The first kappa shape index (κ1) is 15.8. The molecule has 110 valence electrons. The van der Waals surface area contributed by atoms with E-state index < -0.39 is 24.8 Å². The quantitative estimate of drug-likeness (QED) is 0.402. The summed E-state index contributed by atoms with van der Waals surface area (Å²) in [6.45, 7) is 4.50. The van der Waals surface area contributed by atoms with Crippen molar-refractivity contribution < 1.29 is 13.2 Å². The third-order valence-corrected chi connectivity index (χ3v) is 6.41. The molecule has 0 saturated carbocycles. The fraction of sp³-hybridized carbons (Fsp3) is 0.312. The topological polar surface area (TPSA) is 12.4 Å². The molecule has 1 heterocycles. The Morgan fingerprint density at radius 3 is 2.62 bits per heavy atom. The molecule has 0 amide bonds. The van der Waals surface area contributed by atoms with Gasteiger partial charge in [0.1, 0.15) is 12.9 Å². The van der Waals surface area contributed by atoms with Gasteiger partial charge in [-0.3, -0.25) is 0 Å². The van der Waals surface area contributed by atoms with Gasteiger partial charge in [0.15, 0.2) is 5.96 Å². The molecule has 1 aliphatic rings. The average Bonchev–Trinajstić information content (AvgIpc) is 2.41. The van der Waals surface area contributed by atoms with Gasteiger partial charge in [0.25, 0.3) is 5.92 Å². The van der Waals surface area contributed by atoms with Crippen LogP contribution in [-0.4, -0.2) is 12.6 Å². The number of nitrogens with zero attached hydrogens (tertiary/aromatic N) is 1. The van der Waals surface area contributed by atoms with E-state index in [0.29, 0.717) is 5.56 Å². The van der Waals surface area contributed by atoms with Crippen molar-refractivity contribution in [1.82, 2.24) is 0 Å². The van der Waals surface area contributed by atoms with Gasteiger partial charge < -0.3 is 0 Å². The Morgan fingerprint density at radius 2 is 2.05 bits per heavy atom. The molecule has 0 N–H and O–H groups in total. The van der Waals surface area contributed by atoms with Crippen LogP contribution in [0.15, 0.2) is 35.2 Å². The lowest BCUT2D eigenvalue weighted by atomic mass is 9.99. The van der Waals surface area contributed by atoms with Crippen molar-refractivity contribution >= 4 is 13.2 Å². The molecule has 2 unspecified atom stereocenters. The molecule has 2 atom stereocenters. The van der Waals surface area contributed by atoms with Gasteiger partial charge >= 0.3 is 0 Å². The number of hydrogen-bond donors (Lipinski definition) is 0. The largest absolute Gasteiger partial charge is 0.270 e. The summed E-state index contributed by atoms with van der Waals surface area (Å²) in [5, 5.41) is 0. The van der Waals surface area contributed by atoms with Gasteiger partial charge in [-0.25, -0.2) is 8.78 Å². The van der Waals surface area contributed by atoms with E-state index in [1.807, 2.05) is 13.6 Å². The molecule has 1 aromatic rings. The van der Waals surface area contributed by atoms with E-state index in [1.54, 1.807) is 6.07 Å². The first-order valence-electron chi connectivity index (χ1n) is 6.42. The summed E-state index contributed by atoms with van der Waals surface area (Å²) >= 11 is 0. The highest BCUT2D eigenvalue weighted by Crippen LogP contribution is 2.67. The summed E-state index contributed by atoms with van der Waals surface area (Å²) in [7, 11) is -2.14. The van der Waals surface area contributed by atoms with E-state index in [1.165, 1.54) is 24.2 Å². The SMILES string of the molecule is C#C[P+]1(C)C=NC(F)=CC1c1cc(C(C)(F)F)ccc1C. The lowest BCUT2D eigenvalue weighted by Crippen LogP contribution is -2.12. The molecule has 5 heteroatoms. The Labute approximate surface area is 123 Å². The molecule has 2 rings (SSSR count). The molecular formula is C16H16F3NP+. The highest BCUT2D eigenvalue weighted by molar-refractivity contribution is 7.93. The Hall–Kier alpha value is -1.59. The number of rotatable bonds is 2. The maximum absolute atomic E-state index is 13.5. The van der Waals surface area contributed by atoms with Crippen LogP contribution in [0.1, 0.15) is 29.3 Å². The van der Waals surface area contributed by atoms with E-state index in [2.05, 4.69) is 10.7 Å². The fourth-order valence-corrected chi connectivity index (χ4v) is 4.31. The second-order valence-electron chi connectivity index (χ2n) is 5.41. The zero-order chi connectivity index (χ0) is 15.8. The van der Waals surface area contributed by atoms with E-state index in [4.69, 9.17) is 6.42 Å². The molecule has 1 nitrogen and oxygen atoms in total. The summed E-state index contributed by atoms with van der Waals surface area (Å²) in [5.41, 5.74) is 3.65. The number of aliphatic imine (C=N–C) groups is 1. The highest BCUT2D eigenvalue weighted by atomic mass is 31.2. The predicted molar refractivity (Wildman–Crippen MR) is 82.8 cm³/mol. The molecule has 1 aliphatic heterocycles. The molecule has 0 saturated heterocycles. The van der Waals surface area contributed by atoms with Gasteiger partial charge in [-0.05, 0) is 18.6 Å². The second-order valence-corrected chi connectivity index (χ2v) is 8.75. The van der Waals surface area contributed by atoms with Crippen LogP contribution >= 0.6 is 7.26 Å². The van der Waals surface area contributed by atoms with Crippen LogP contribution in [0.4, 0.5) is 13.2 Å². The predicted octanol–water partition coefficient (Wildman–Crippen LogP) is 5.24. The third-order valence-electron chi connectivity index (χ3n) is 3.68. The Balaban J connectivity index is 2.60. The number of hydrogen-bond acceptors (Lipinski definition) is 1. The lowest BCUT2D eigenvalue weighted by Gasteiger charge is -2.25. The van der Waals surface area contributed by atoms with Crippen LogP contribution in [0.3, 0.4) is 0 Å². The maximum Gasteiger partial charge on any atom is 0.270 e. The number of halogens is 3. The van der Waals surface area contributed by atoms with Crippen molar-refractivity contribution in [1.29, 1.82) is 0 Å². The zero-order valence-corrected chi connectivity index (χ0v) is 13.0. The standard InChI is InChI=1S/C16H16F3NP/c1-5-21(4)10-20-15(17)9-14(21)13-8-12(16(3,18)19)7-6-11(13)2/h1,6-10,14H,2-4H3/q+1. The van der Waals surface area contributed by atoms with Crippen LogP contribution in [0.25, 0.3) is 0 Å². The van der Waals surface area contributed by atoms with Gasteiger partial charge in [-0.1, -0.05) is 18.6 Å². The Kier molecular flexibility index (Phi) is 4.00. The van der Waals surface area contributed by atoms with Crippen molar-refractivity contribution in [3.05, 3.63) is 46.9 Å². The molecule has 0 spiro atoms. The van der Waals surface area contributed by atoms with Crippen LogP contribution in [0, 0.1) is 19.0 Å². The molecule has 0 aliphatic carbocycles. The normalized spacial score (nSPS) is 25.4. The first-order valence-corrected chi connectivity index (χ1v) is 8.80. The van der Waals surface area contributed by atoms with Crippen LogP contribution < -0.4 is 0 Å². The number of aryl methyl sites for hydroxylation is 1. The van der Waals surface area contributed by atoms with Crippen molar-refractivity contribution in [3.8, 4) is 12.1 Å².